The third-order valence-electron chi connectivity index (χ3n) is 13.4. The van der Waals surface area contributed by atoms with Gasteiger partial charge < -0.3 is 97.2 Å². The Balaban J connectivity index is 3.62. The molecular formula is C54H92N16O15. The number of benzene rings is 1. The normalized spacial score (nSPS) is 15.3. The lowest BCUT2D eigenvalue weighted by Gasteiger charge is -2.30. The van der Waals surface area contributed by atoms with Crippen molar-refractivity contribution in [3.05, 3.63) is 29.8 Å². The number of guanidine groups is 1. The Kier molecular flexibility index (Phi) is 34.0. The zero-order chi connectivity index (χ0) is 64.7. The van der Waals surface area contributed by atoms with Crippen LogP contribution in [0.2, 0.25) is 0 Å². The molecule has 1 aromatic carbocycles. The number of nitrogens with two attached hydrogens (primary N) is 5. The first-order valence-electron chi connectivity index (χ1n) is 28.3. The van der Waals surface area contributed by atoms with E-state index in [0.29, 0.717) is 31.2 Å². The molecule has 0 radical (unpaired) electrons. The Morgan fingerprint density at radius 2 is 0.988 bits per heavy atom. The molecule has 12 amide bonds. The third-order valence-corrected chi connectivity index (χ3v) is 13.4. The lowest BCUT2D eigenvalue weighted by Crippen LogP contribution is -2.61. The molecule has 1 rings (SSSR count). The minimum Gasteiger partial charge on any atom is -0.508 e. The van der Waals surface area contributed by atoms with E-state index in [4.69, 9.17) is 28.7 Å². The summed E-state index contributed by atoms with van der Waals surface area (Å²) < 4.78 is 0. The lowest BCUT2D eigenvalue weighted by atomic mass is 9.96. The minimum atomic E-state index is -1.59. The summed E-state index contributed by atoms with van der Waals surface area (Å²) >= 11 is 0. The van der Waals surface area contributed by atoms with Crippen molar-refractivity contribution in [3.63, 3.8) is 0 Å². The molecule has 0 aliphatic carbocycles. The summed E-state index contributed by atoms with van der Waals surface area (Å²) in [5, 5.41) is 55.0. The molecule has 0 saturated carbocycles. The molecule has 0 bridgehead atoms. The molecular weight excluding hydrogens is 1110 g/mol. The summed E-state index contributed by atoms with van der Waals surface area (Å²) in [4.78, 5) is 165. The SMILES string of the molecule is CCC[C@H](NC(=O)[C@H](CCCN=C(N)N)NC(=O)[C@H](Cc1ccc(O)cc1)NC(=O)[C@H](CCC(N)=O)NC(=O)[C@@H](NC(=O)[C@@H](NC(C)=O)[C@@H](C)O)[C@@H](C)CC)C(=O)N[C@@H](C)C(=O)N[C@H](C(=O)N[C@@H](CCCCN)C(=O)N[C@@H](CO)C(N)=O)C(C)C. The topological polar surface area (TPSA) is 528 Å². The number of hydrogen-bond donors (Lipinski definition) is 18. The van der Waals surface area contributed by atoms with Gasteiger partial charge in [-0.1, -0.05) is 59.6 Å². The van der Waals surface area contributed by atoms with Gasteiger partial charge in [-0.25, -0.2) is 0 Å². The first-order valence-corrected chi connectivity index (χ1v) is 28.3. The highest BCUT2D eigenvalue weighted by Crippen LogP contribution is 2.15. The first kappa shape index (κ1) is 74.8. The maximum atomic E-state index is 14.6. The smallest absolute Gasteiger partial charge is 0.245 e. The fourth-order valence-electron chi connectivity index (χ4n) is 8.30. The van der Waals surface area contributed by atoms with Gasteiger partial charge in [0.15, 0.2) is 5.96 Å². The van der Waals surface area contributed by atoms with Crippen LogP contribution in [0.1, 0.15) is 125 Å². The van der Waals surface area contributed by atoms with Crippen LogP contribution < -0.4 is 81.8 Å². The number of aliphatic imine (C=N–C) groups is 1. The molecule has 0 spiro atoms. The van der Waals surface area contributed by atoms with Gasteiger partial charge in [0.1, 0.15) is 66.2 Å². The van der Waals surface area contributed by atoms with Crippen LogP contribution in [0.25, 0.3) is 0 Å². The summed E-state index contributed by atoms with van der Waals surface area (Å²) in [5.74, 6) is -12.1. The highest BCUT2D eigenvalue weighted by molar-refractivity contribution is 5.99. The number of unbranched alkanes of at least 4 members (excludes halogenated alkanes) is 1. The van der Waals surface area contributed by atoms with Crippen molar-refractivity contribution in [2.24, 2.45) is 45.5 Å². The quantitative estimate of drug-likeness (QED) is 0.0166. The molecule has 0 heterocycles. The number of rotatable bonds is 40. The Bertz CT molecular complexity index is 2440. The average molecular weight is 1210 g/mol. The van der Waals surface area contributed by atoms with Crippen molar-refractivity contribution < 1.29 is 72.9 Å². The molecule has 0 saturated heterocycles. The van der Waals surface area contributed by atoms with Crippen molar-refractivity contribution in [2.75, 3.05) is 19.7 Å². The fraction of sp³-hybridized carbons (Fsp3) is 0.648. The minimum absolute atomic E-state index is 0.00800. The van der Waals surface area contributed by atoms with Gasteiger partial charge in [0.2, 0.25) is 70.9 Å². The zero-order valence-corrected chi connectivity index (χ0v) is 49.8. The number of nitrogens with zero attached hydrogens (tertiary/aromatic N) is 1. The largest absolute Gasteiger partial charge is 0.508 e. The van der Waals surface area contributed by atoms with Gasteiger partial charge in [0.25, 0.3) is 0 Å². The van der Waals surface area contributed by atoms with Crippen LogP contribution in [-0.2, 0) is 64.0 Å². The van der Waals surface area contributed by atoms with Crippen molar-refractivity contribution in [3.8, 4) is 5.75 Å². The van der Waals surface area contributed by atoms with Crippen molar-refractivity contribution in [1.29, 1.82) is 0 Å². The Labute approximate surface area is 494 Å². The molecule has 0 aliphatic heterocycles. The monoisotopic (exact) mass is 1200 g/mol. The summed E-state index contributed by atoms with van der Waals surface area (Å²) in [6, 6.07) is -8.54. The lowest BCUT2D eigenvalue weighted by molar-refractivity contribution is -0.137. The van der Waals surface area contributed by atoms with E-state index in [1.54, 1.807) is 34.6 Å². The molecule has 23 N–H and O–H groups in total. The fourth-order valence-corrected chi connectivity index (χ4v) is 8.30. The average Bonchev–Trinajstić information content (AvgIpc) is 3.50. The number of aromatic hydroxyl groups is 1. The second kappa shape index (κ2) is 38.6. The predicted molar refractivity (Wildman–Crippen MR) is 311 cm³/mol. The molecule has 0 aliphatic rings. The summed E-state index contributed by atoms with van der Waals surface area (Å²) in [7, 11) is 0. The van der Waals surface area contributed by atoms with Gasteiger partial charge in [0.05, 0.1) is 12.7 Å². The number of carbonyl (C=O) groups excluding carboxylic acids is 12. The molecule has 0 aromatic heterocycles. The van der Waals surface area contributed by atoms with Gasteiger partial charge in [-0.05, 0) is 94.9 Å². The maximum absolute atomic E-state index is 14.6. The summed E-state index contributed by atoms with van der Waals surface area (Å²) in [5.41, 5.74) is 27.8. The summed E-state index contributed by atoms with van der Waals surface area (Å²) in [6.45, 7) is 11.4. The van der Waals surface area contributed by atoms with Gasteiger partial charge in [0, 0.05) is 26.3 Å². The van der Waals surface area contributed by atoms with Gasteiger partial charge in [-0.15, -0.1) is 0 Å². The van der Waals surface area contributed by atoms with Crippen LogP contribution in [-0.4, -0.2) is 178 Å². The molecule has 1 aromatic rings. The number of phenolic OH excluding ortho intramolecular Hbond substituents is 1. The van der Waals surface area contributed by atoms with E-state index in [1.165, 1.54) is 38.1 Å². The van der Waals surface area contributed by atoms with E-state index >= 15 is 0 Å². The number of phenols is 1. The third kappa shape index (κ3) is 27.8. The van der Waals surface area contributed by atoms with Crippen LogP contribution in [0.5, 0.6) is 5.75 Å². The number of amides is 12. The van der Waals surface area contributed by atoms with Gasteiger partial charge in [-0.2, -0.15) is 0 Å². The van der Waals surface area contributed by atoms with Crippen LogP contribution >= 0.6 is 0 Å². The van der Waals surface area contributed by atoms with E-state index in [9.17, 15) is 72.9 Å². The number of aliphatic hydroxyl groups excluding tert-OH is 2. The molecule has 85 heavy (non-hydrogen) atoms. The highest BCUT2D eigenvalue weighted by atomic mass is 16.3. The molecule has 0 fully saturated rings. The van der Waals surface area contributed by atoms with Gasteiger partial charge in [-0.3, -0.25) is 62.5 Å². The Morgan fingerprint density at radius 1 is 0.529 bits per heavy atom. The summed E-state index contributed by atoms with van der Waals surface area (Å²) in [6.07, 6.45) is -1.05. The molecule has 0 unspecified atom stereocenters. The van der Waals surface area contributed by atoms with Crippen LogP contribution in [0.3, 0.4) is 0 Å². The van der Waals surface area contributed by atoms with E-state index in [0.717, 1.165) is 6.92 Å². The highest BCUT2D eigenvalue weighted by Gasteiger charge is 2.37. The van der Waals surface area contributed by atoms with Crippen LogP contribution in [0.4, 0.5) is 0 Å². The van der Waals surface area contributed by atoms with Crippen molar-refractivity contribution in [2.45, 2.75) is 193 Å². The van der Waals surface area contributed by atoms with Gasteiger partial charge >= 0.3 is 0 Å². The Hall–Kier alpha value is -8.19. The van der Waals surface area contributed by atoms with E-state index in [1.807, 2.05) is 0 Å². The van der Waals surface area contributed by atoms with Crippen LogP contribution in [0, 0.1) is 11.8 Å². The molecule has 31 heteroatoms. The second-order valence-corrected chi connectivity index (χ2v) is 21.1. The molecule has 12 atom stereocenters. The molecule has 31 nitrogen and oxygen atoms in total. The van der Waals surface area contributed by atoms with Crippen LogP contribution in [0.15, 0.2) is 29.3 Å². The first-order chi connectivity index (χ1) is 39.9. The Morgan fingerprint density at radius 3 is 1.46 bits per heavy atom. The number of primary amides is 2. The predicted octanol–water partition coefficient (Wildman–Crippen LogP) is -5.37. The number of aliphatic hydroxyl groups is 2. The van der Waals surface area contributed by atoms with E-state index in [-0.39, 0.29) is 56.9 Å². The van der Waals surface area contributed by atoms with Crippen molar-refractivity contribution >= 4 is 76.8 Å². The number of hydrogen-bond acceptors (Lipinski definition) is 17. The van der Waals surface area contributed by atoms with Crippen molar-refractivity contribution in [1.82, 2.24) is 53.2 Å². The zero-order valence-electron chi connectivity index (χ0n) is 49.8. The maximum Gasteiger partial charge on any atom is 0.245 e. The standard InChI is InChI=1S/C54H92N16O15/c1-9-14-34(46(78)61-29(6)45(77)69-41(27(3)4)51(83)65-35(15-11-12-23-55)48(80)68-39(26-71)44(57)76)63-47(79)36(16-13-24-60-54(58)59)64-50(82)38(25-32-17-19-33(74)20-18-32)67-49(81)37(21-22-40(56)75)66-52(84)42(28(5)10-2)70-53(85)43(30(7)72)62-31(8)73/h17-20,27-30,34-39,41-43,71-72,74H,9-16,21-26,55H2,1-8H3,(H2,56,75)(H2,57,76)(H,61,78)(H,62,73)(H,63,79)(H,64,82)(H,65,83)(H,66,84)(H,67,81)(H,68,80)(H,69,77)(H,70,85)(H4,58,59,60)/t28-,29-,30+,34-,35-,36-,37-,38-,39-,41-,42-,43-/m0/s1. The van der Waals surface area contributed by atoms with E-state index < -0.39 is 169 Å². The number of carbonyl (C=O) groups is 12. The second-order valence-electron chi connectivity index (χ2n) is 21.1. The van der Waals surface area contributed by atoms with E-state index in [2.05, 4.69) is 58.2 Å². The molecule has 478 valence electrons. The number of nitrogens with one attached hydrogen (secondary N) is 10.